The molecule has 118 valence electrons. The first kappa shape index (κ1) is 14.2. The number of hydrogen-bond acceptors (Lipinski definition) is 3. The number of nitrogens with zero attached hydrogens (tertiary/aromatic N) is 2. The molecule has 4 heteroatoms. The smallest absolute Gasteiger partial charge is 0.133 e. The SMILES string of the molecule is O=C1C[C@@H]2C[C@H](N3CCN(c4ccc(F)cc4)CC3)C[C@@H]2C1. The normalized spacial score (nSPS) is 32.5. The summed E-state index contributed by atoms with van der Waals surface area (Å²) in [6, 6.07) is 7.50. The van der Waals surface area contributed by atoms with Crippen molar-refractivity contribution in [3.8, 4) is 0 Å². The zero-order valence-electron chi connectivity index (χ0n) is 12.9. The molecular weight excluding hydrogens is 279 g/mol. The number of carbonyl (C=O) groups is 1. The average molecular weight is 302 g/mol. The van der Waals surface area contributed by atoms with E-state index in [1.54, 1.807) is 0 Å². The topological polar surface area (TPSA) is 23.6 Å². The van der Waals surface area contributed by atoms with E-state index in [0.717, 1.165) is 44.7 Å². The molecule has 1 saturated heterocycles. The summed E-state index contributed by atoms with van der Waals surface area (Å²) in [5.41, 5.74) is 1.12. The molecule has 0 unspecified atom stereocenters. The quantitative estimate of drug-likeness (QED) is 0.839. The summed E-state index contributed by atoms with van der Waals surface area (Å²) < 4.78 is 13.0. The summed E-state index contributed by atoms with van der Waals surface area (Å²) in [5.74, 6) is 1.63. The molecule has 0 N–H and O–H groups in total. The van der Waals surface area contributed by atoms with E-state index in [4.69, 9.17) is 0 Å². The molecule has 0 aromatic heterocycles. The average Bonchev–Trinajstić information content (AvgIpc) is 3.05. The van der Waals surface area contributed by atoms with Gasteiger partial charge in [0, 0.05) is 50.7 Å². The van der Waals surface area contributed by atoms with Crippen LogP contribution < -0.4 is 4.90 Å². The number of fused-ring (bicyclic) bond motifs is 1. The number of anilines is 1. The maximum atomic E-state index is 13.0. The molecule has 3 fully saturated rings. The lowest BCUT2D eigenvalue weighted by Crippen LogP contribution is -2.50. The monoisotopic (exact) mass is 302 g/mol. The highest BCUT2D eigenvalue weighted by atomic mass is 19.1. The van der Waals surface area contributed by atoms with Gasteiger partial charge in [-0.25, -0.2) is 4.39 Å². The van der Waals surface area contributed by atoms with Crippen molar-refractivity contribution in [1.29, 1.82) is 0 Å². The van der Waals surface area contributed by atoms with Crippen LogP contribution in [-0.4, -0.2) is 42.9 Å². The molecule has 1 aromatic carbocycles. The zero-order chi connectivity index (χ0) is 15.1. The van der Waals surface area contributed by atoms with Crippen LogP contribution in [0.4, 0.5) is 10.1 Å². The fraction of sp³-hybridized carbons (Fsp3) is 0.611. The van der Waals surface area contributed by atoms with Gasteiger partial charge in [0.1, 0.15) is 11.6 Å². The Morgan fingerprint density at radius 1 is 0.909 bits per heavy atom. The Balaban J connectivity index is 1.33. The van der Waals surface area contributed by atoms with Gasteiger partial charge in [0.25, 0.3) is 0 Å². The van der Waals surface area contributed by atoms with Gasteiger partial charge in [0.05, 0.1) is 0 Å². The summed E-state index contributed by atoms with van der Waals surface area (Å²) in [6.45, 7) is 4.18. The van der Waals surface area contributed by atoms with Gasteiger partial charge >= 0.3 is 0 Å². The van der Waals surface area contributed by atoms with Crippen LogP contribution in [0.3, 0.4) is 0 Å². The maximum absolute atomic E-state index is 13.0. The van der Waals surface area contributed by atoms with Gasteiger partial charge in [-0.05, 0) is 48.9 Å². The van der Waals surface area contributed by atoms with Gasteiger partial charge in [-0.3, -0.25) is 9.69 Å². The maximum Gasteiger partial charge on any atom is 0.133 e. The van der Waals surface area contributed by atoms with Crippen LogP contribution in [0, 0.1) is 17.7 Å². The molecule has 1 aliphatic heterocycles. The summed E-state index contributed by atoms with van der Waals surface area (Å²) in [5, 5.41) is 0. The molecule has 0 amide bonds. The molecule has 1 aromatic rings. The number of hydrogen-bond donors (Lipinski definition) is 0. The third-order valence-corrected chi connectivity index (χ3v) is 5.82. The minimum absolute atomic E-state index is 0.172. The predicted octanol–water partition coefficient (Wildman–Crippen LogP) is 2.71. The highest BCUT2D eigenvalue weighted by Gasteiger charge is 2.43. The number of carbonyl (C=O) groups excluding carboxylic acids is 1. The fourth-order valence-corrected chi connectivity index (χ4v) is 4.64. The van der Waals surface area contributed by atoms with E-state index in [2.05, 4.69) is 9.80 Å². The van der Waals surface area contributed by atoms with Crippen molar-refractivity contribution in [3.05, 3.63) is 30.1 Å². The number of Topliss-reactive ketones (excluding diaryl/α,β-unsaturated/α-hetero) is 1. The Morgan fingerprint density at radius 2 is 1.50 bits per heavy atom. The summed E-state index contributed by atoms with van der Waals surface area (Å²) in [4.78, 5) is 16.5. The van der Waals surface area contributed by atoms with Crippen LogP contribution in [0.15, 0.2) is 24.3 Å². The molecule has 3 atom stereocenters. The lowest BCUT2D eigenvalue weighted by atomic mass is 10.0. The fourth-order valence-electron chi connectivity index (χ4n) is 4.64. The van der Waals surface area contributed by atoms with Crippen LogP contribution in [0.2, 0.25) is 0 Å². The van der Waals surface area contributed by atoms with E-state index in [9.17, 15) is 9.18 Å². The molecule has 0 radical (unpaired) electrons. The second-order valence-electron chi connectivity index (χ2n) is 7.09. The molecule has 2 saturated carbocycles. The largest absolute Gasteiger partial charge is 0.369 e. The lowest BCUT2D eigenvalue weighted by Gasteiger charge is -2.39. The summed E-state index contributed by atoms with van der Waals surface area (Å²) >= 11 is 0. The predicted molar refractivity (Wildman–Crippen MR) is 84.4 cm³/mol. The van der Waals surface area contributed by atoms with Gasteiger partial charge in [0.15, 0.2) is 0 Å². The third kappa shape index (κ3) is 2.65. The van der Waals surface area contributed by atoms with E-state index in [1.807, 2.05) is 12.1 Å². The molecule has 2 aliphatic carbocycles. The van der Waals surface area contributed by atoms with E-state index in [-0.39, 0.29) is 5.82 Å². The number of benzene rings is 1. The first-order valence-corrected chi connectivity index (χ1v) is 8.45. The number of piperazine rings is 1. The van der Waals surface area contributed by atoms with Crippen molar-refractivity contribution < 1.29 is 9.18 Å². The van der Waals surface area contributed by atoms with Crippen LogP contribution in [0.25, 0.3) is 0 Å². The Bertz CT molecular complexity index is 535. The van der Waals surface area contributed by atoms with E-state index in [1.165, 1.54) is 25.0 Å². The van der Waals surface area contributed by atoms with Crippen molar-refractivity contribution in [2.45, 2.75) is 31.7 Å². The van der Waals surface area contributed by atoms with Crippen LogP contribution in [-0.2, 0) is 4.79 Å². The van der Waals surface area contributed by atoms with E-state index in [0.29, 0.717) is 23.7 Å². The molecule has 1 heterocycles. The molecule has 22 heavy (non-hydrogen) atoms. The molecule has 0 bridgehead atoms. The van der Waals surface area contributed by atoms with E-state index < -0.39 is 0 Å². The van der Waals surface area contributed by atoms with Crippen LogP contribution >= 0.6 is 0 Å². The van der Waals surface area contributed by atoms with Gasteiger partial charge in [-0.15, -0.1) is 0 Å². The van der Waals surface area contributed by atoms with Crippen LogP contribution in [0.1, 0.15) is 25.7 Å². The Kier molecular flexibility index (Phi) is 3.65. The second kappa shape index (κ2) is 5.65. The van der Waals surface area contributed by atoms with Gasteiger partial charge < -0.3 is 4.90 Å². The standard InChI is InChI=1S/C18H23FN2O/c19-15-1-3-16(4-2-15)20-5-7-21(8-6-20)17-9-13-11-18(22)12-14(13)10-17/h1-4,13-14,17H,5-12H2/t13-,14+,17-. The first-order valence-electron chi connectivity index (χ1n) is 8.45. The minimum Gasteiger partial charge on any atom is -0.369 e. The number of ketones is 1. The van der Waals surface area contributed by atoms with Crippen molar-refractivity contribution >= 4 is 11.5 Å². The molecule has 4 rings (SSSR count). The van der Waals surface area contributed by atoms with Crippen molar-refractivity contribution in [2.24, 2.45) is 11.8 Å². The lowest BCUT2D eigenvalue weighted by molar-refractivity contribution is -0.117. The molecule has 3 nitrogen and oxygen atoms in total. The zero-order valence-corrected chi connectivity index (χ0v) is 12.9. The van der Waals surface area contributed by atoms with Crippen LogP contribution in [0.5, 0.6) is 0 Å². The number of rotatable bonds is 2. The van der Waals surface area contributed by atoms with Crippen molar-refractivity contribution in [2.75, 3.05) is 31.1 Å². The highest BCUT2D eigenvalue weighted by Crippen LogP contribution is 2.44. The minimum atomic E-state index is -0.172. The number of halogens is 1. The Morgan fingerprint density at radius 3 is 2.09 bits per heavy atom. The highest BCUT2D eigenvalue weighted by molar-refractivity contribution is 5.81. The third-order valence-electron chi connectivity index (χ3n) is 5.82. The van der Waals surface area contributed by atoms with Crippen molar-refractivity contribution in [1.82, 2.24) is 4.90 Å². The summed E-state index contributed by atoms with van der Waals surface area (Å²) in [6.07, 6.45) is 4.09. The second-order valence-corrected chi connectivity index (χ2v) is 7.09. The molecular formula is C18H23FN2O. The first-order chi connectivity index (χ1) is 10.7. The molecule has 0 spiro atoms. The van der Waals surface area contributed by atoms with Gasteiger partial charge in [0.2, 0.25) is 0 Å². The van der Waals surface area contributed by atoms with E-state index >= 15 is 0 Å². The van der Waals surface area contributed by atoms with Gasteiger partial charge in [-0.1, -0.05) is 0 Å². The Hall–Kier alpha value is -1.42. The Labute approximate surface area is 131 Å². The van der Waals surface area contributed by atoms with Crippen molar-refractivity contribution in [3.63, 3.8) is 0 Å². The summed E-state index contributed by atoms with van der Waals surface area (Å²) in [7, 11) is 0. The molecule has 3 aliphatic rings. The van der Waals surface area contributed by atoms with Gasteiger partial charge in [-0.2, -0.15) is 0 Å².